The van der Waals surface area contributed by atoms with Gasteiger partial charge in [0.25, 0.3) is 0 Å². The van der Waals surface area contributed by atoms with Crippen LogP contribution in [0.25, 0.3) is 0 Å². The van der Waals surface area contributed by atoms with Gasteiger partial charge in [-0.1, -0.05) is 19.1 Å². The molecular formula is C15H19N3O. The fourth-order valence-corrected chi connectivity index (χ4v) is 2.48. The van der Waals surface area contributed by atoms with Crippen LogP contribution in [0.3, 0.4) is 0 Å². The summed E-state index contributed by atoms with van der Waals surface area (Å²) >= 11 is 0. The van der Waals surface area contributed by atoms with Crippen LogP contribution < -0.4 is 4.90 Å². The second-order valence-electron chi connectivity index (χ2n) is 4.70. The molecule has 0 unspecified atom stereocenters. The minimum absolute atomic E-state index is 0.218. The average molecular weight is 257 g/mol. The van der Waals surface area contributed by atoms with E-state index in [0.29, 0.717) is 12.0 Å². The van der Waals surface area contributed by atoms with Crippen molar-refractivity contribution in [2.24, 2.45) is 0 Å². The summed E-state index contributed by atoms with van der Waals surface area (Å²) in [5.74, 6) is 0.218. The molecule has 1 fully saturated rings. The molecule has 4 nitrogen and oxygen atoms in total. The summed E-state index contributed by atoms with van der Waals surface area (Å²) in [6, 6.07) is 9.90. The number of hydrogen-bond acceptors (Lipinski definition) is 3. The molecule has 4 heteroatoms. The van der Waals surface area contributed by atoms with Crippen LogP contribution in [0.2, 0.25) is 0 Å². The summed E-state index contributed by atoms with van der Waals surface area (Å²) in [6.07, 6.45) is 1.51. The van der Waals surface area contributed by atoms with E-state index in [2.05, 4.69) is 11.0 Å². The molecule has 0 radical (unpaired) electrons. The number of amides is 1. The minimum Gasteiger partial charge on any atom is -0.369 e. The van der Waals surface area contributed by atoms with Crippen molar-refractivity contribution in [3.8, 4) is 6.07 Å². The third kappa shape index (κ3) is 3.05. The van der Waals surface area contributed by atoms with Gasteiger partial charge in [-0.05, 0) is 18.6 Å². The lowest BCUT2D eigenvalue weighted by atomic mass is 10.1. The monoisotopic (exact) mass is 257 g/mol. The van der Waals surface area contributed by atoms with Gasteiger partial charge in [0.15, 0.2) is 0 Å². The largest absolute Gasteiger partial charge is 0.369 e. The molecule has 0 atom stereocenters. The van der Waals surface area contributed by atoms with Gasteiger partial charge >= 0.3 is 0 Å². The summed E-state index contributed by atoms with van der Waals surface area (Å²) in [5, 5.41) is 9.16. The Morgan fingerprint density at radius 3 is 2.79 bits per heavy atom. The van der Waals surface area contributed by atoms with E-state index in [9.17, 15) is 4.79 Å². The molecule has 0 aromatic heterocycles. The SMILES string of the molecule is CCC(=O)N1CCCN(c2ccccc2C#N)CC1. The maximum absolute atomic E-state index is 11.7. The molecule has 2 rings (SSSR count). The summed E-state index contributed by atoms with van der Waals surface area (Å²) in [4.78, 5) is 15.9. The molecule has 1 aliphatic heterocycles. The highest BCUT2D eigenvalue weighted by atomic mass is 16.2. The van der Waals surface area contributed by atoms with Gasteiger partial charge in [-0.3, -0.25) is 4.79 Å². The Bertz CT molecular complexity index is 492. The van der Waals surface area contributed by atoms with Crippen LogP contribution in [0.15, 0.2) is 24.3 Å². The van der Waals surface area contributed by atoms with E-state index < -0.39 is 0 Å². The first kappa shape index (κ1) is 13.4. The predicted octanol–water partition coefficient (Wildman–Crippen LogP) is 2.01. The van der Waals surface area contributed by atoms with Crippen LogP contribution in [0, 0.1) is 11.3 Å². The van der Waals surface area contributed by atoms with Crippen molar-refractivity contribution >= 4 is 11.6 Å². The first-order chi connectivity index (χ1) is 9.26. The molecule has 0 N–H and O–H groups in total. The number of para-hydroxylation sites is 1. The zero-order chi connectivity index (χ0) is 13.7. The second kappa shape index (κ2) is 6.24. The van der Waals surface area contributed by atoms with Crippen molar-refractivity contribution in [1.82, 2.24) is 4.90 Å². The van der Waals surface area contributed by atoms with E-state index in [4.69, 9.17) is 5.26 Å². The van der Waals surface area contributed by atoms with E-state index in [-0.39, 0.29) is 5.91 Å². The van der Waals surface area contributed by atoms with Gasteiger partial charge in [-0.25, -0.2) is 0 Å². The highest BCUT2D eigenvalue weighted by Crippen LogP contribution is 2.21. The lowest BCUT2D eigenvalue weighted by molar-refractivity contribution is -0.130. The van der Waals surface area contributed by atoms with Crippen molar-refractivity contribution in [3.63, 3.8) is 0 Å². The van der Waals surface area contributed by atoms with Gasteiger partial charge in [-0.15, -0.1) is 0 Å². The highest BCUT2D eigenvalue weighted by molar-refractivity contribution is 5.76. The van der Waals surface area contributed by atoms with Crippen molar-refractivity contribution in [3.05, 3.63) is 29.8 Å². The number of hydrogen-bond donors (Lipinski definition) is 0. The van der Waals surface area contributed by atoms with Gasteiger partial charge in [-0.2, -0.15) is 5.26 Å². The fourth-order valence-electron chi connectivity index (χ4n) is 2.48. The minimum atomic E-state index is 0.218. The third-order valence-electron chi connectivity index (χ3n) is 3.52. The van der Waals surface area contributed by atoms with E-state index in [1.165, 1.54) is 0 Å². The predicted molar refractivity (Wildman–Crippen MR) is 74.9 cm³/mol. The van der Waals surface area contributed by atoms with Crippen LogP contribution >= 0.6 is 0 Å². The Hall–Kier alpha value is -2.02. The number of nitriles is 1. The van der Waals surface area contributed by atoms with E-state index in [1.807, 2.05) is 36.1 Å². The Labute approximate surface area is 114 Å². The average Bonchev–Trinajstić information content (AvgIpc) is 2.72. The summed E-state index contributed by atoms with van der Waals surface area (Å²) < 4.78 is 0. The van der Waals surface area contributed by atoms with Gasteiger partial charge in [0, 0.05) is 32.6 Å². The van der Waals surface area contributed by atoms with Gasteiger partial charge in [0.1, 0.15) is 6.07 Å². The van der Waals surface area contributed by atoms with Gasteiger partial charge in [0.2, 0.25) is 5.91 Å². The van der Waals surface area contributed by atoms with Crippen LogP contribution in [0.4, 0.5) is 5.69 Å². The first-order valence-electron chi connectivity index (χ1n) is 6.78. The highest BCUT2D eigenvalue weighted by Gasteiger charge is 2.19. The number of nitrogens with zero attached hydrogens (tertiary/aromatic N) is 3. The number of anilines is 1. The molecule has 0 spiro atoms. The van der Waals surface area contributed by atoms with E-state index in [1.54, 1.807) is 0 Å². The van der Waals surface area contributed by atoms with Gasteiger partial charge in [0.05, 0.1) is 11.3 Å². The molecule has 19 heavy (non-hydrogen) atoms. The van der Waals surface area contributed by atoms with E-state index >= 15 is 0 Å². The quantitative estimate of drug-likeness (QED) is 0.814. The molecule has 0 bridgehead atoms. The maximum atomic E-state index is 11.7. The molecule has 0 aliphatic carbocycles. The number of rotatable bonds is 2. The number of benzene rings is 1. The van der Waals surface area contributed by atoms with Gasteiger partial charge < -0.3 is 9.80 Å². The van der Waals surface area contributed by atoms with Crippen LogP contribution in [-0.2, 0) is 4.79 Å². The molecule has 0 saturated carbocycles. The summed E-state index contributed by atoms with van der Waals surface area (Å²) in [5.41, 5.74) is 1.69. The molecule has 1 amide bonds. The molecule has 100 valence electrons. The molecule has 1 aliphatic rings. The van der Waals surface area contributed by atoms with Crippen molar-refractivity contribution in [2.75, 3.05) is 31.1 Å². The second-order valence-corrected chi connectivity index (χ2v) is 4.70. The summed E-state index contributed by atoms with van der Waals surface area (Å²) in [7, 11) is 0. The smallest absolute Gasteiger partial charge is 0.222 e. The molecule has 1 saturated heterocycles. The standard InChI is InChI=1S/C15H19N3O/c1-2-15(19)18-9-5-8-17(10-11-18)14-7-4-3-6-13(14)12-16/h3-4,6-7H,2,5,8-11H2,1H3. The third-order valence-corrected chi connectivity index (χ3v) is 3.52. The number of carbonyl (C=O) groups is 1. The molecule has 1 heterocycles. The normalized spacial score (nSPS) is 15.8. The fraction of sp³-hybridized carbons (Fsp3) is 0.467. The lowest BCUT2D eigenvalue weighted by Crippen LogP contribution is -2.34. The molecular weight excluding hydrogens is 238 g/mol. The van der Waals surface area contributed by atoms with Crippen molar-refractivity contribution in [1.29, 1.82) is 5.26 Å². The van der Waals surface area contributed by atoms with E-state index in [0.717, 1.165) is 38.3 Å². The van der Waals surface area contributed by atoms with Crippen molar-refractivity contribution in [2.45, 2.75) is 19.8 Å². The van der Waals surface area contributed by atoms with Crippen LogP contribution in [0.5, 0.6) is 0 Å². The molecule has 1 aromatic carbocycles. The zero-order valence-electron chi connectivity index (χ0n) is 11.3. The molecule has 1 aromatic rings. The topological polar surface area (TPSA) is 47.3 Å². The number of carbonyl (C=O) groups excluding carboxylic acids is 1. The summed E-state index contributed by atoms with van der Waals surface area (Å²) in [6.45, 7) is 5.15. The maximum Gasteiger partial charge on any atom is 0.222 e. The van der Waals surface area contributed by atoms with Crippen LogP contribution in [-0.4, -0.2) is 37.0 Å². The Balaban J connectivity index is 2.11. The van der Waals surface area contributed by atoms with Crippen molar-refractivity contribution < 1.29 is 4.79 Å². The van der Waals surface area contributed by atoms with Crippen LogP contribution in [0.1, 0.15) is 25.3 Å². The Morgan fingerprint density at radius 2 is 2.05 bits per heavy atom. The first-order valence-corrected chi connectivity index (χ1v) is 6.78. The Morgan fingerprint density at radius 1 is 1.26 bits per heavy atom. The zero-order valence-corrected chi connectivity index (χ0v) is 11.3. The lowest BCUT2D eigenvalue weighted by Gasteiger charge is -2.24. The Kier molecular flexibility index (Phi) is 4.40.